The molecule has 0 amide bonds. The Kier molecular flexibility index (Phi) is 5.66. The van der Waals surface area contributed by atoms with E-state index in [0.29, 0.717) is 12.0 Å². The molecule has 0 aliphatic carbocycles. The summed E-state index contributed by atoms with van der Waals surface area (Å²) in [5, 5.41) is 20.0. The van der Waals surface area contributed by atoms with Gasteiger partial charge >= 0.3 is 5.97 Å². The molecule has 0 radical (unpaired) electrons. The number of rotatable bonds is 3. The summed E-state index contributed by atoms with van der Waals surface area (Å²) in [7, 11) is 0. The first kappa shape index (κ1) is 19.5. The Hall–Kier alpha value is -3.79. The highest BCUT2D eigenvalue weighted by Gasteiger charge is 2.18. The summed E-state index contributed by atoms with van der Waals surface area (Å²) in [4.78, 5) is 10.2. The molecule has 0 fully saturated rings. The maximum absolute atomic E-state index is 10.2. The Morgan fingerprint density at radius 3 is 2.40 bits per heavy atom. The number of hydrogen-bond acceptors (Lipinski definition) is 3. The van der Waals surface area contributed by atoms with Crippen molar-refractivity contribution in [3.05, 3.63) is 102 Å². The third-order valence-corrected chi connectivity index (χ3v) is 5.13. The van der Waals surface area contributed by atoms with Crippen LogP contribution in [-0.2, 0) is 17.6 Å². The third-order valence-electron chi connectivity index (χ3n) is 5.13. The molecule has 2 N–H and O–H groups in total. The molecule has 30 heavy (non-hydrogen) atoms. The molecule has 1 aliphatic heterocycles. The monoisotopic (exact) mass is 398 g/mol. The first-order chi connectivity index (χ1) is 14.6. The highest BCUT2D eigenvalue weighted by atomic mass is 16.5. The highest BCUT2D eigenvalue weighted by Crippen LogP contribution is 2.40. The van der Waals surface area contributed by atoms with Gasteiger partial charge in [-0.05, 0) is 40.6 Å². The second-order valence-electron chi connectivity index (χ2n) is 7.18. The van der Waals surface area contributed by atoms with Crippen LogP contribution >= 0.6 is 0 Å². The molecule has 4 heteroatoms. The number of aliphatic carboxylic acids is 1. The zero-order valence-electron chi connectivity index (χ0n) is 16.4. The Labute approximate surface area is 175 Å². The second kappa shape index (κ2) is 8.70. The standard InChI is InChI=1S/C17H12O.C9H10O3/c1-3-7-15-12(5-1)9-10-14-11-13-6-2-4-8-16(13)18-17(14)15;10-8-4-2-1-3-7(8)5-6-9(11)12/h1-10H,11H2;1-4,10H,5-6H2,(H,11,12). The van der Waals surface area contributed by atoms with Crippen LogP contribution in [0.2, 0.25) is 0 Å². The molecular weight excluding hydrogens is 376 g/mol. The van der Waals surface area contributed by atoms with Crippen molar-refractivity contribution < 1.29 is 19.7 Å². The van der Waals surface area contributed by atoms with Gasteiger partial charge < -0.3 is 14.9 Å². The maximum atomic E-state index is 10.2. The van der Waals surface area contributed by atoms with E-state index in [9.17, 15) is 9.90 Å². The lowest BCUT2D eigenvalue weighted by molar-refractivity contribution is -0.136. The second-order valence-corrected chi connectivity index (χ2v) is 7.18. The van der Waals surface area contributed by atoms with Gasteiger partial charge in [-0.15, -0.1) is 0 Å². The number of carboxylic acids is 1. The number of carboxylic acid groups (broad SMARTS) is 1. The molecular formula is C26H22O4. The van der Waals surface area contributed by atoms with Crippen LogP contribution in [0.5, 0.6) is 17.2 Å². The fourth-order valence-corrected chi connectivity index (χ4v) is 3.58. The lowest BCUT2D eigenvalue weighted by Crippen LogP contribution is -2.03. The molecule has 4 nitrogen and oxygen atoms in total. The van der Waals surface area contributed by atoms with E-state index in [-0.39, 0.29) is 12.2 Å². The molecule has 0 saturated carbocycles. The summed E-state index contributed by atoms with van der Waals surface area (Å²) in [5.74, 6) is 1.32. The zero-order valence-corrected chi connectivity index (χ0v) is 16.4. The minimum atomic E-state index is -0.849. The number of ether oxygens (including phenoxy) is 1. The van der Waals surface area contributed by atoms with E-state index in [0.717, 1.165) is 17.9 Å². The third kappa shape index (κ3) is 4.28. The van der Waals surface area contributed by atoms with Crippen LogP contribution in [0.25, 0.3) is 10.8 Å². The number of carbonyl (C=O) groups is 1. The molecule has 1 heterocycles. The van der Waals surface area contributed by atoms with Crippen LogP contribution in [0, 0.1) is 0 Å². The van der Waals surface area contributed by atoms with Gasteiger partial charge in [-0.3, -0.25) is 4.79 Å². The lowest BCUT2D eigenvalue weighted by atomic mass is 9.97. The molecule has 0 spiro atoms. The first-order valence-corrected chi connectivity index (χ1v) is 9.87. The average Bonchev–Trinajstić information content (AvgIpc) is 2.77. The fourth-order valence-electron chi connectivity index (χ4n) is 3.58. The van der Waals surface area contributed by atoms with Crippen molar-refractivity contribution >= 4 is 16.7 Å². The van der Waals surface area contributed by atoms with Crippen molar-refractivity contribution in [3.8, 4) is 17.2 Å². The normalized spacial score (nSPS) is 11.5. The maximum Gasteiger partial charge on any atom is 0.303 e. The Balaban J connectivity index is 0.000000159. The van der Waals surface area contributed by atoms with Crippen LogP contribution in [-0.4, -0.2) is 16.2 Å². The number of para-hydroxylation sites is 2. The van der Waals surface area contributed by atoms with Crippen molar-refractivity contribution in [2.75, 3.05) is 0 Å². The van der Waals surface area contributed by atoms with Crippen molar-refractivity contribution in [1.82, 2.24) is 0 Å². The first-order valence-electron chi connectivity index (χ1n) is 9.87. The summed E-state index contributed by atoms with van der Waals surface area (Å²) in [6, 6.07) is 27.7. The SMILES string of the molecule is O=C(O)CCc1ccccc1O.c1ccc2c(c1)Cc1ccc3ccccc3c1O2. The van der Waals surface area contributed by atoms with E-state index in [1.54, 1.807) is 24.3 Å². The van der Waals surface area contributed by atoms with Crippen molar-refractivity contribution in [2.45, 2.75) is 19.3 Å². The van der Waals surface area contributed by atoms with Gasteiger partial charge in [-0.2, -0.15) is 0 Å². The lowest BCUT2D eigenvalue weighted by Gasteiger charge is -2.21. The van der Waals surface area contributed by atoms with E-state index in [2.05, 4.69) is 48.5 Å². The molecule has 0 saturated heterocycles. The minimum Gasteiger partial charge on any atom is -0.508 e. The van der Waals surface area contributed by atoms with E-state index < -0.39 is 5.97 Å². The van der Waals surface area contributed by atoms with Crippen LogP contribution in [0.15, 0.2) is 84.9 Å². The van der Waals surface area contributed by atoms with Crippen LogP contribution in [0.4, 0.5) is 0 Å². The molecule has 4 aromatic carbocycles. The van der Waals surface area contributed by atoms with Crippen molar-refractivity contribution in [2.24, 2.45) is 0 Å². The minimum absolute atomic E-state index is 0.0531. The van der Waals surface area contributed by atoms with E-state index in [1.165, 1.54) is 21.9 Å². The van der Waals surface area contributed by atoms with Gasteiger partial charge in [0.05, 0.1) is 0 Å². The number of hydrogen-bond donors (Lipinski definition) is 2. The van der Waals surface area contributed by atoms with E-state index >= 15 is 0 Å². The molecule has 0 aromatic heterocycles. The summed E-state index contributed by atoms with van der Waals surface area (Å²) in [6.07, 6.45) is 1.38. The van der Waals surface area contributed by atoms with E-state index in [4.69, 9.17) is 9.84 Å². The van der Waals surface area contributed by atoms with Gasteiger partial charge in [-0.25, -0.2) is 0 Å². The predicted octanol–water partition coefficient (Wildman–Crippen LogP) is 5.95. The number of aromatic hydroxyl groups is 1. The van der Waals surface area contributed by atoms with Gasteiger partial charge in [0.25, 0.3) is 0 Å². The number of phenols is 1. The molecule has 0 bridgehead atoms. The van der Waals surface area contributed by atoms with Gasteiger partial charge in [0.2, 0.25) is 0 Å². The van der Waals surface area contributed by atoms with Crippen molar-refractivity contribution in [1.29, 1.82) is 0 Å². The van der Waals surface area contributed by atoms with Gasteiger partial charge in [0.1, 0.15) is 17.2 Å². The van der Waals surface area contributed by atoms with Gasteiger partial charge in [-0.1, -0.05) is 72.8 Å². The molecule has 0 atom stereocenters. The summed E-state index contributed by atoms with van der Waals surface area (Å²) >= 11 is 0. The predicted molar refractivity (Wildman–Crippen MR) is 117 cm³/mol. The van der Waals surface area contributed by atoms with Crippen LogP contribution in [0.3, 0.4) is 0 Å². The average molecular weight is 398 g/mol. The number of benzene rings is 4. The van der Waals surface area contributed by atoms with Gasteiger partial charge in [0, 0.05) is 18.2 Å². The molecule has 150 valence electrons. The van der Waals surface area contributed by atoms with Crippen LogP contribution in [0.1, 0.15) is 23.1 Å². The van der Waals surface area contributed by atoms with Gasteiger partial charge in [0.15, 0.2) is 0 Å². The number of aryl methyl sites for hydroxylation is 1. The molecule has 1 aliphatic rings. The largest absolute Gasteiger partial charge is 0.508 e. The molecule has 4 aromatic rings. The van der Waals surface area contributed by atoms with E-state index in [1.807, 2.05) is 12.1 Å². The number of phenolic OH excluding ortho intramolecular Hbond substituents is 1. The van der Waals surface area contributed by atoms with Crippen molar-refractivity contribution in [3.63, 3.8) is 0 Å². The fraction of sp³-hybridized carbons (Fsp3) is 0.115. The Bertz CT molecular complexity index is 1200. The zero-order chi connectivity index (χ0) is 20.9. The Morgan fingerprint density at radius 2 is 1.57 bits per heavy atom. The molecule has 0 unspecified atom stereocenters. The summed E-state index contributed by atoms with van der Waals surface area (Å²) in [6.45, 7) is 0. The summed E-state index contributed by atoms with van der Waals surface area (Å²) < 4.78 is 6.09. The number of fused-ring (bicyclic) bond motifs is 4. The Morgan fingerprint density at radius 1 is 0.833 bits per heavy atom. The smallest absolute Gasteiger partial charge is 0.303 e. The topological polar surface area (TPSA) is 66.8 Å². The summed E-state index contributed by atoms with van der Waals surface area (Å²) in [5.41, 5.74) is 3.22. The van der Waals surface area contributed by atoms with Crippen LogP contribution < -0.4 is 4.74 Å². The highest BCUT2D eigenvalue weighted by molar-refractivity contribution is 5.90. The quantitative estimate of drug-likeness (QED) is 0.394. The molecule has 5 rings (SSSR count).